The van der Waals surface area contributed by atoms with Crippen molar-refractivity contribution in [3.05, 3.63) is 17.7 Å². The number of likely N-dealkylation sites (tertiary alicyclic amines) is 1. The zero-order valence-electron chi connectivity index (χ0n) is 20.0. The fourth-order valence-corrected chi connectivity index (χ4v) is 4.23. The number of ether oxygens (including phenoxy) is 5. The Labute approximate surface area is 192 Å². The lowest BCUT2D eigenvalue weighted by atomic mass is 10.1. The molecule has 1 aromatic carbocycles. The van der Waals surface area contributed by atoms with E-state index in [9.17, 15) is 0 Å². The Bertz CT molecular complexity index is 703. The molecule has 0 bridgehead atoms. The van der Waals surface area contributed by atoms with Crippen LogP contribution in [0.3, 0.4) is 0 Å². The first-order valence-electron chi connectivity index (χ1n) is 11.7. The summed E-state index contributed by atoms with van der Waals surface area (Å²) in [6, 6.07) is 3.72. The number of piperidine rings is 1. The summed E-state index contributed by atoms with van der Waals surface area (Å²) >= 11 is 0. The van der Waals surface area contributed by atoms with Crippen molar-refractivity contribution in [3.63, 3.8) is 0 Å². The summed E-state index contributed by atoms with van der Waals surface area (Å²) in [6.45, 7) is 6.77. The first-order chi connectivity index (χ1) is 15.7. The van der Waals surface area contributed by atoms with Crippen molar-refractivity contribution in [2.24, 2.45) is 4.99 Å². The van der Waals surface area contributed by atoms with Crippen molar-refractivity contribution in [3.8, 4) is 17.2 Å². The molecular weight excluding hydrogens is 410 g/mol. The molecule has 2 aliphatic rings. The SMILES string of the molecule is CCNC(=NCc1c(OC)cc(OC)cc1OC)N1CCC(OCC2CCCCO2)CC1. The fourth-order valence-electron chi connectivity index (χ4n) is 4.23. The second kappa shape index (κ2) is 12.7. The largest absolute Gasteiger partial charge is 0.496 e. The van der Waals surface area contributed by atoms with Gasteiger partial charge in [0.15, 0.2) is 5.96 Å². The van der Waals surface area contributed by atoms with E-state index in [4.69, 9.17) is 28.7 Å². The van der Waals surface area contributed by atoms with E-state index in [-0.39, 0.29) is 6.10 Å². The number of guanidine groups is 1. The Morgan fingerprint density at radius 3 is 2.34 bits per heavy atom. The normalized spacial score (nSPS) is 20.2. The Morgan fingerprint density at radius 1 is 1.06 bits per heavy atom. The van der Waals surface area contributed by atoms with Gasteiger partial charge in [-0.3, -0.25) is 0 Å². The first-order valence-corrected chi connectivity index (χ1v) is 11.7. The van der Waals surface area contributed by atoms with Crippen molar-refractivity contribution >= 4 is 5.96 Å². The molecule has 1 unspecified atom stereocenters. The number of aliphatic imine (C=N–C) groups is 1. The summed E-state index contributed by atoms with van der Waals surface area (Å²) in [7, 11) is 4.93. The van der Waals surface area contributed by atoms with E-state index >= 15 is 0 Å². The van der Waals surface area contributed by atoms with Crippen LogP contribution in [0.4, 0.5) is 0 Å². The number of nitrogens with one attached hydrogen (secondary N) is 1. The minimum absolute atomic E-state index is 0.273. The lowest BCUT2D eigenvalue weighted by Crippen LogP contribution is -2.47. The average Bonchev–Trinajstić information content (AvgIpc) is 2.85. The van der Waals surface area contributed by atoms with Crippen LogP contribution in [-0.2, 0) is 16.0 Å². The topological polar surface area (TPSA) is 73.8 Å². The van der Waals surface area contributed by atoms with Crippen LogP contribution in [-0.4, -0.2) is 77.2 Å². The average molecular weight is 450 g/mol. The molecule has 0 radical (unpaired) electrons. The van der Waals surface area contributed by atoms with Crippen molar-refractivity contribution in [2.75, 3.05) is 54.2 Å². The third kappa shape index (κ3) is 6.65. The Kier molecular flexibility index (Phi) is 9.74. The van der Waals surface area contributed by atoms with E-state index in [1.54, 1.807) is 21.3 Å². The molecule has 0 aromatic heterocycles. The molecule has 1 atom stereocenters. The summed E-state index contributed by atoms with van der Waals surface area (Å²) in [5, 5.41) is 3.43. The van der Waals surface area contributed by atoms with Gasteiger partial charge in [0.1, 0.15) is 17.2 Å². The lowest BCUT2D eigenvalue weighted by molar-refractivity contribution is -0.0721. The van der Waals surface area contributed by atoms with Crippen LogP contribution in [0.2, 0.25) is 0 Å². The summed E-state index contributed by atoms with van der Waals surface area (Å²) in [5.41, 5.74) is 0.900. The fraction of sp³-hybridized carbons (Fsp3) is 0.708. The maximum absolute atomic E-state index is 6.17. The maximum atomic E-state index is 6.17. The molecule has 180 valence electrons. The highest BCUT2D eigenvalue weighted by molar-refractivity contribution is 5.80. The highest BCUT2D eigenvalue weighted by atomic mass is 16.5. The van der Waals surface area contributed by atoms with Gasteiger partial charge in [-0.25, -0.2) is 4.99 Å². The molecule has 2 saturated heterocycles. The third-order valence-corrected chi connectivity index (χ3v) is 6.07. The molecule has 2 aliphatic heterocycles. The van der Waals surface area contributed by atoms with Gasteiger partial charge in [-0.1, -0.05) is 0 Å². The van der Waals surface area contributed by atoms with Crippen LogP contribution in [0.1, 0.15) is 44.6 Å². The minimum Gasteiger partial charge on any atom is -0.496 e. The van der Waals surface area contributed by atoms with Crippen LogP contribution >= 0.6 is 0 Å². The van der Waals surface area contributed by atoms with Gasteiger partial charge in [0, 0.05) is 38.4 Å². The predicted molar refractivity (Wildman–Crippen MR) is 125 cm³/mol. The molecule has 2 heterocycles. The van der Waals surface area contributed by atoms with E-state index in [2.05, 4.69) is 17.1 Å². The van der Waals surface area contributed by atoms with Crippen LogP contribution in [0.25, 0.3) is 0 Å². The Morgan fingerprint density at radius 2 is 1.78 bits per heavy atom. The maximum Gasteiger partial charge on any atom is 0.194 e. The quantitative estimate of drug-likeness (QED) is 0.458. The molecular formula is C24H39N3O5. The van der Waals surface area contributed by atoms with Crippen LogP contribution in [0, 0.1) is 0 Å². The molecule has 0 aliphatic carbocycles. The second-order valence-corrected chi connectivity index (χ2v) is 8.19. The molecule has 2 fully saturated rings. The Balaban J connectivity index is 1.59. The van der Waals surface area contributed by atoms with Gasteiger partial charge >= 0.3 is 0 Å². The first kappa shape index (κ1) is 24.5. The number of hydrogen-bond acceptors (Lipinski definition) is 6. The monoisotopic (exact) mass is 449 g/mol. The molecule has 3 rings (SSSR count). The zero-order valence-corrected chi connectivity index (χ0v) is 20.0. The van der Waals surface area contributed by atoms with E-state index in [1.807, 2.05) is 12.1 Å². The van der Waals surface area contributed by atoms with Crippen LogP contribution < -0.4 is 19.5 Å². The molecule has 0 spiro atoms. The summed E-state index contributed by atoms with van der Waals surface area (Å²) in [5.74, 6) is 3.01. The molecule has 0 amide bonds. The molecule has 0 saturated carbocycles. The predicted octanol–water partition coefficient (Wildman–Crippen LogP) is 3.23. The number of methoxy groups -OCH3 is 3. The van der Waals surface area contributed by atoms with Crippen molar-refractivity contribution < 1.29 is 23.7 Å². The van der Waals surface area contributed by atoms with Gasteiger partial charge in [-0.15, -0.1) is 0 Å². The molecule has 1 aromatic rings. The van der Waals surface area contributed by atoms with Crippen molar-refractivity contribution in [1.82, 2.24) is 10.2 Å². The highest BCUT2D eigenvalue weighted by Gasteiger charge is 2.24. The molecule has 1 N–H and O–H groups in total. The van der Waals surface area contributed by atoms with E-state index < -0.39 is 0 Å². The second-order valence-electron chi connectivity index (χ2n) is 8.19. The minimum atomic E-state index is 0.273. The molecule has 8 nitrogen and oxygen atoms in total. The standard InChI is InChI=1S/C24H39N3O5/c1-5-25-24(26-16-21-22(29-3)14-20(28-2)15-23(21)30-4)27-11-9-18(10-12-27)32-17-19-8-6-7-13-31-19/h14-15,18-19H,5-13,16-17H2,1-4H3,(H,25,26). The highest BCUT2D eigenvalue weighted by Crippen LogP contribution is 2.34. The molecule has 32 heavy (non-hydrogen) atoms. The van der Waals surface area contributed by atoms with E-state index in [0.717, 1.165) is 63.6 Å². The number of benzene rings is 1. The number of nitrogens with zero attached hydrogens (tertiary/aromatic N) is 2. The van der Waals surface area contributed by atoms with Gasteiger partial charge in [0.25, 0.3) is 0 Å². The van der Waals surface area contributed by atoms with E-state index in [1.165, 1.54) is 12.8 Å². The number of rotatable bonds is 9. The van der Waals surface area contributed by atoms with Gasteiger partial charge < -0.3 is 33.9 Å². The van der Waals surface area contributed by atoms with Gasteiger partial charge in [0.2, 0.25) is 0 Å². The van der Waals surface area contributed by atoms with Gasteiger partial charge in [-0.2, -0.15) is 0 Å². The zero-order chi connectivity index (χ0) is 22.8. The Hall–Kier alpha value is -2.19. The summed E-state index contributed by atoms with van der Waals surface area (Å²) in [6.07, 6.45) is 6.10. The van der Waals surface area contributed by atoms with Crippen LogP contribution in [0.5, 0.6) is 17.2 Å². The van der Waals surface area contributed by atoms with E-state index in [0.29, 0.717) is 29.9 Å². The summed E-state index contributed by atoms with van der Waals surface area (Å²) in [4.78, 5) is 7.20. The molecule has 8 heteroatoms. The summed E-state index contributed by atoms with van der Waals surface area (Å²) < 4.78 is 28.4. The van der Waals surface area contributed by atoms with Gasteiger partial charge in [-0.05, 0) is 39.0 Å². The van der Waals surface area contributed by atoms with Crippen molar-refractivity contribution in [2.45, 2.75) is 57.8 Å². The smallest absolute Gasteiger partial charge is 0.194 e. The third-order valence-electron chi connectivity index (χ3n) is 6.07. The van der Waals surface area contributed by atoms with Crippen LogP contribution in [0.15, 0.2) is 17.1 Å². The van der Waals surface area contributed by atoms with Crippen molar-refractivity contribution in [1.29, 1.82) is 0 Å². The number of hydrogen-bond donors (Lipinski definition) is 1. The lowest BCUT2D eigenvalue weighted by Gasteiger charge is -2.35. The van der Waals surface area contributed by atoms with Gasteiger partial charge in [0.05, 0.1) is 52.3 Å².